The maximum absolute atomic E-state index is 13.0. The Bertz CT molecular complexity index is 1390. The van der Waals surface area contributed by atoms with Gasteiger partial charge < -0.3 is 19.5 Å². The largest absolute Gasteiger partial charge is 0.439 e. The molecule has 3 aromatic heterocycles. The molecule has 10 heteroatoms. The van der Waals surface area contributed by atoms with Crippen molar-refractivity contribution in [2.45, 2.75) is 31.3 Å². The molecule has 1 amide bonds. The van der Waals surface area contributed by atoms with E-state index in [1.807, 2.05) is 44.4 Å². The molecule has 174 valence electrons. The van der Waals surface area contributed by atoms with Crippen LogP contribution in [-0.4, -0.2) is 51.3 Å². The number of benzene rings is 1. The van der Waals surface area contributed by atoms with Crippen molar-refractivity contribution in [1.82, 2.24) is 29.9 Å². The van der Waals surface area contributed by atoms with E-state index in [2.05, 4.69) is 30.7 Å². The van der Waals surface area contributed by atoms with E-state index in [9.17, 15) is 4.79 Å². The summed E-state index contributed by atoms with van der Waals surface area (Å²) in [5, 5.41) is 11.0. The second-order valence-electron chi connectivity index (χ2n) is 9.24. The number of nitrogens with one attached hydrogen (secondary N) is 2. The van der Waals surface area contributed by atoms with Gasteiger partial charge in [-0.1, -0.05) is 5.16 Å². The third-order valence-corrected chi connectivity index (χ3v) is 6.42. The van der Waals surface area contributed by atoms with Gasteiger partial charge in [-0.2, -0.15) is 0 Å². The summed E-state index contributed by atoms with van der Waals surface area (Å²) in [6.45, 7) is 2.30. The fourth-order valence-electron chi connectivity index (χ4n) is 4.62. The van der Waals surface area contributed by atoms with Gasteiger partial charge in [0.05, 0.1) is 16.8 Å². The van der Waals surface area contributed by atoms with Gasteiger partial charge in [0.25, 0.3) is 0 Å². The topological polar surface area (TPSA) is 110 Å². The zero-order valence-electron chi connectivity index (χ0n) is 19.0. The second-order valence-corrected chi connectivity index (χ2v) is 9.24. The first-order valence-electron chi connectivity index (χ1n) is 11.3. The average Bonchev–Trinajstić information content (AvgIpc) is 3.19. The van der Waals surface area contributed by atoms with Crippen LogP contribution in [0.5, 0.6) is 11.6 Å². The fourth-order valence-corrected chi connectivity index (χ4v) is 4.62. The van der Waals surface area contributed by atoms with Crippen LogP contribution in [0.4, 0.5) is 10.6 Å². The van der Waals surface area contributed by atoms with Crippen molar-refractivity contribution in [3.05, 3.63) is 59.9 Å². The number of carbonyl (C=O) groups excluding carboxylic acids is 1. The maximum Gasteiger partial charge on any atom is 0.331 e. The van der Waals surface area contributed by atoms with E-state index >= 15 is 0 Å². The Morgan fingerprint density at radius 3 is 2.94 bits per heavy atom. The molecule has 1 aromatic carbocycles. The molecule has 0 saturated heterocycles. The number of fused-ring (bicyclic) bond motifs is 2. The van der Waals surface area contributed by atoms with Gasteiger partial charge in [0.2, 0.25) is 5.88 Å². The summed E-state index contributed by atoms with van der Waals surface area (Å²) < 4.78 is 13.2. The zero-order chi connectivity index (χ0) is 23.3. The summed E-state index contributed by atoms with van der Waals surface area (Å²) in [6.07, 6.45) is 5.37. The molecule has 4 heterocycles. The van der Waals surface area contributed by atoms with Gasteiger partial charge in [-0.3, -0.25) is 9.88 Å². The molecule has 6 rings (SSSR count). The van der Waals surface area contributed by atoms with E-state index in [0.29, 0.717) is 24.0 Å². The van der Waals surface area contributed by atoms with E-state index in [-0.39, 0.29) is 11.4 Å². The number of likely N-dealkylation sites (N-methyl/N-ethyl adjacent to an activating group) is 1. The third-order valence-electron chi connectivity index (χ3n) is 6.42. The van der Waals surface area contributed by atoms with Crippen LogP contribution in [0, 0.1) is 0 Å². The standard InChI is InChI=1S/C24H25N7O3/c1-30(2)13-24(6-7-24)20-10-21(29-34-20)28-23(32)31-8-5-15-9-16(3-4-19(15)31)33-22-17-11-25-12-18(17)26-14-27-22/h3-5,8-10,14,25H,6-7,11-13H2,1-2H3,(H,28,29,32). The van der Waals surface area contributed by atoms with E-state index in [1.165, 1.54) is 6.33 Å². The summed E-state index contributed by atoms with van der Waals surface area (Å²) in [7, 11) is 4.09. The highest BCUT2D eigenvalue weighted by molar-refractivity contribution is 5.98. The van der Waals surface area contributed by atoms with E-state index in [0.717, 1.165) is 53.9 Å². The van der Waals surface area contributed by atoms with Gasteiger partial charge in [-0.15, -0.1) is 0 Å². The molecule has 34 heavy (non-hydrogen) atoms. The monoisotopic (exact) mass is 459 g/mol. The Hall–Kier alpha value is -3.76. The minimum atomic E-state index is -0.305. The third kappa shape index (κ3) is 3.70. The summed E-state index contributed by atoms with van der Waals surface area (Å²) >= 11 is 0. The van der Waals surface area contributed by atoms with Crippen molar-refractivity contribution in [3.8, 4) is 11.6 Å². The van der Waals surface area contributed by atoms with E-state index in [4.69, 9.17) is 9.26 Å². The number of amides is 1. The van der Waals surface area contributed by atoms with Crippen LogP contribution in [-0.2, 0) is 18.5 Å². The first kappa shape index (κ1) is 20.8. The van der Waals surface area contributed by atoms with Crippen LogP contribution in [0.15, 0.2) is 47.4 Å². The fraction of sp³-hybridized carbons (Fsp3) is 0.333. The molecule has 0 radical (unpaired) electrons. The Morgan fingerprint density at radius 1 is 1.24 bits per heavy atom. The molecule has 2 N–H and O–H groups in total. The lowest BCUT2D eigenvalue weighted by Crippen LogP contribution is -2.25. The molecule has 4 aromatic rings. The van der Waals surface area contributed by atoms with Crippen LogP contribution in [0.25, 0.3) is 10.9 Å². The molecule has 0 unspecified atom stereocenters. The number of ether oxygens (including phenoxy) is 1. The summed E-state index contributed by atoms with van der Waals surface area (Å²) in [5.41, 5.74) is 2.70. The van der Waals surface area contributed by atoms with Crippen molar-refractivity contribution in [3.63, 3.8) is 0 Å². The second kappa shape index (κ2) is 7.93. The summed E-state index contributed by atoms with van der Waals surface area (Å²) in [5.74, 6) is 2.44. The van der Waals surface area contributed by atoms with Gasteiger partial charge in [0.15, 0.2) is 5.82 Å². The van der Waals surface area contributed by atoms with Gasteiger partial charge in [0.1, 0.15) is 17.8 Å². The normalized spacial score (nSPS) is 16.1. The highest BCUT2D eigenvalue weighted by Gasteiger charge is 2.48. The lowest BCUT2D eigenvalue weighted by molar-refractivity contribution is 0.254. The van der Waals surface area contributed by atoms with Gasteiger partial charge >= 0.3 is 6.03 Å². The highest BCUT2D eigenvalue weighted by atomic mass is 16.5. The van der Waals surface area contributed by atoms with Crippen molar-refractivity contribution in [2.24, 2.45) is 0 Å². The van der Waals surface area contributed by atoms with Crippen LogP contribution in [0.3, 0.4) is 0 Å². The molecule has 1 saturated carbocycles. The summed E-state index contributed by atoms with van der Waals surface area (Å²) in [4.78, 5) is 23.7. The molecule has 1 aliphatic carbocycles. The molecule has 0 spiro atoms. The van der Waals surface area contributed by atoms with Crippen molar-refractivity contribution in [2.75, 3.05) is 26.0 Å². The molecule has 1 fully saturated rings. The average molecular weight is 460 g/mol. The first-order chi connectivity index (χ1) is 16.5. The van der Waals surface area contributed by atoms with Gasteiger partial charge in [-0.25, -0.2) is 14.8 Å². The number of carbonyl (C=O) groups is 1. The molecule has 0 bridgehead atoms. The predicted molar refractivity (Wildman–Crippen MR) is 125 cm³/mol. The molecule has 2 aliphatic rings. The van der Waals surface area contributed by atoms with E-state index in [1.54, 1.807) is 10.8 Å². The SMILES string of the molecule is CN(C)CC1(c2cc(NC(=O)n3ccc4cc(Oc5ncnc6c5CNC6)ccc43)no2)CC1. The van der Waals surface area contributed by atoms with Gasteiger partial charge in [0, 0.05) is 42.7 Å². The number of hydrogen-bond donors (Lipinski definition) is 2. The van der Waals surface area contributed by atoms with Crippen LogP contribution in [0.1, 0.15) is 29.9 Å². The number of nitrogens with zero attached hydrogens (tertiary/aromatic N) is 5. The van der Waals surface area contributed by atoms with Crippen LogP contribution in [0.2, 0.25) is 0 Å². The van der Waals surface area contributed by atoms with Gasteiger partial charge in [-0.05, 0) is 51.2 Å². The molecular weight excluding hydrogens is 434 g/mol. The number of rotatable bonds is 6. The minimum absolute atomic E-state index is 0.00980. The Balaban J connectivity index is 1.19. The van der Waals surface area contributed by atoms with Crippen molar-refractivity contribution < 1.29 is 14.1 Å². The molecular formula is C24H25N7O3. The Morgan fingerprint density at radius 2 is 2.12 bits per heavy atom. The quantitative estimate of drug-likeness (QED) is 0.451. The Kier molecular flexibility index (Phi) is 4.85. The maximum atomic E-state index is 13.0. The number of anilines is 1. The highest BCUT2D eigenvalue weighted by Crippen LogP contribution is 2.49. The predicted octanol–water partition coefficient (Wildman–Crippen LogP) is 3.49. The smallest absolute Gasteiger partial charge is 0.331 e. The Labute approximate surface area is 195 Å². The molecule has 10 nitrogen and oxygen atoms in total. The van der Waals surface area contributed by atoms with Crippen LogP contribution < -0.4 is 15.4 Å². The summed E-state index contributed by atoms with van der Waals surface area (Å²) in [6, 6.07) is 8.98. The van der Waals surface area contributed by atoms with Crippen molar-refractivity contribution >= 4 is 22.8 Å². The zero-order valence-corrected chi connectivity index (χ0v) is 19.0. The lowest BCUT2D eigenvalue weighted by Gasteiger charge is -2.16. The van der Waals surface area contributed by atoms with Crippen molar-refractivity contribution in [1.29, 1.82) is 0 Å². The minimum Gasteiger partial charge on any atom is -0.439 e. The molecule has 0 atom stereocenters. The van der Waals surface area contributed by atoms with Crippen LogP contribution >= 0.6 is 0 Å². The lowest BCUT2D eigenvalue weighted by atomic mass is 10.0. The number of aromatic nitrogens is 4. The number of hydrogen-bond acceptors (Lipinski definition) is 8. The first-order valence-corrected chi connectivity index (χ1v) is 11.3. The van der Waals surface area contributed by atoms with E-state index < -0.39 is 0 Å². The molecule has 1 aliphatic heterocycles.